The maximum Gasteiger partial charge on any atom is 0.222 e. The molecular formula is C9H18N2O. The fourth-order valence-corrected chi connectivity index (χ4v) is 1.64. The minimum absolute atomic E-state index is 0.00859. The van der Waals surface area contributed by atoms with Gasteiger partial charge in [-0.15, -0.1) is 0 Å². The molecule has 0 radical (unpaired) electrons. The van der Waals surface area contributed by atoms with Gasteiger partial charge in [-0.05, 0) is 13.8 Å². The molecule has 1 N–H and O–H groups in total. The van der Waals surface area contributed by atoms with E-state index in [1.54, 1.807) is 0 Å². The zero-order valence-corrected chi connectivity index (χ0v) is 8.18. The molecule has 0 spiro atoms. The van der Waals surface area contributed by atoms with Gasteiger partial charge in [0, 0.05) is 31.6 Å². The first-order valence-corrected chi connectivity index (χ1v) is 4.59. The summed E-state index contributed by atoms with van der Waals surface area (Å²) in [6, 6.07) is 0. The van der Waals surface area contributed by atoms with Crippen LogP contribution in [0, 0.1) is 0 Å². The van der Waals surface area contributed by atoms with Crippen LogP contribution in [-0.2, 0) is 4.79 Å². The molecule has 0 bridgehead atoms. The van der Waals surface area contributed by atoms with Crippen molar-refractivity contribution >= 4 is 5.91 Å². The Labute approximate surface area is 74.1 Å². The maximum absolute atomic E-state index is 11.5. The van der Waals surface area contributed by atoms with Crippen molar-refractivity contribution in [2.75, 3.05) is 19.6 Å². The van der Waals surface area contributed by atoms with Crippen LogP contribution in [0.15, 0.2) is 0 Å². The van der Waals surface area contributed by atoms with Crippen LogP contribution in [0.4, 0.5) is 0 Å². The predicted octanol–water partition coefficient (Wildman–Crippen LogP) is 0.607. The molecule has 1 aliphatic heterocycles. The molecule has 12 heavy (non-hydrogen) atoms. The first-order valence-electron chi connectivity index (χ1n) is 4.59. The quantitative estimate of drug-likeness (QED) is 0.625. The van der Waals surface area contributed by atoms with Gasteiger partial charge < -0.3 is 10.2 Å². The second-order valence-electron chi connectivity index (χ2n) is 3.89. The van der Waals surface area contributed by atoms with Crippen LogP contribution in [0.5, 0.6) is 0 Å². The highest BCUT2D eigenvalue weighted by Gasteiger charge is 2.31. The lowest BCUT2D eigenvalue weighted by molar-refractivity contribution is -0.137. The molecule has 1 amide bonds. The minimum Gasteiger partial charge on any atom is -0.335 e. The molecule has 1 fully saturated rings. The zero-order valence-electron chi connectivity index (χ0n) is 8.18. The van der Waals surface area contributed by atoms with Crippen molar-refractivity contribution in [3.8, 4) is 0 Å². The summed E-state index contributed by atoms with van der Waals surface area (Å²) in [6.45, 7) is 8.80. The summed E-state index contributed by atoms with van der Waals surface area (Å²) < 4.78 is 0. The third-order valence-electron chi connectivity index (χ3n) is 2.40. The summed E-state index contributed by atoms with van der Waals surface area (Å²) in [7, 11) is 0. The van der Waals surface area contributed by atoms with Crippen LogP contribution < -0.4 is 5.32 Å². The largest absolute Gasteiger partial charge is 0.335 e. The van der Waals surface area contributed by atoms with Gasteiger partial charge in [0.25, 0.3) is 0 Å². The van der Waals surface area contributed by atoms with Gasteiger partial charge >= 0.3 is 0 Å². The molecule has 3 nitrogen and oxygen atoms in total. The van der Waals surface area contributed by atoms with Crippen LogP contribution in [0.3, 0.4) is 0 Å². The van der Waals surface area contributed by atoms with Gasteiger partial charge in [-0.25, -0.2) is 0 Å². The average Bonchev–Trinajstić information content (AvgIpc) is 2.02. The molecule has 0 aromatic heterocycles. The number of carbonyl (C=O) groups is 1. The summed E-state index contributed by atoms with van der Waals surface area (Å²) in [5, 5.41) is 3.29. The molecule has 0 aliphatic carbocycles. The van der Waals surface area contributed by atoms with Crippen LogP contribution in [0.25, 0.3) is 0 Å². The van der Waals surface area contributed by atoms with Gasteiger partial charge in [0.2, 0.25) is 5.91 Å². The molecule has 3 heteroatoms. The molecule has 1 rings (SSSR count). The van der Waals surface area contributed by atoms with Gasteiger partial charge in [0.05, 0.1) is 0 Å². The van der Waals surface area contributed by atoms with E-state index in [9.17, 15) is 4.79 Å². The van der Waals surface area contributed by atoms with E-state index in [0.29, 0.717) is 6.42 Å². The molecule has 0 unspecified atom stereocenters. The van der Waals surface area contributed by atoms with Crippen molar-refractivity contribution in [3.63, 3.8) is 0 Å². The summed E-state index contributed by atoms with van der Waals surface area (Å²) >= 11 is 0. The van der Waals surface area contributed by atoms with Crippen LogP contribution in [0.2, 0.25) is 0 Å². The number of carbonyl (C=O) groups excluding carboxylic acids is 1. The molecular weight excluding hydrogens is 152 g/mol. The van der Waals surface area contributed by atoms with E-state index in [4.69, 9.17) is 0 Å². The lowest BCUT2D eigenvalue weighted by atomic mass is 10.00. The minimum atomic E-state index is -0.00859. The Morgan fingerprint density at radius 3 is 2.75 bits per heavy atom. The topological polar surface area (TPSA) is 32.3 Å². The number of nitrogens with zero attached hydrogens (tertiary/aromatic N) is 1. The standard InChI is InChI=1S/C9H18N2O/c1-4-8(12)11-6-5-10-7-9(11,2)3/h10H,4-7H2,1-3H3. The lowest BCUT2D eigenvalue weighted by Gasteiger charge is -2.42. The van der Waals surface area contributed by atoms with E-state index in [-0.39, 0.29) is 11.4 Å². The Morgan fingerprint density at radius 1 is 1.58 bits per heavy atom. The molecule has 1 saturated heterocycles. The Bertz CT molecular complexity index is 177. The predicted molar refractivity (Wildman–Crippen MR) is 49.0 cm³/mol. The lowest BCUT2D eigenvalue weighted by Crippen LogP contribution is -2.59. The third-order valence-corrected chi connectivity index (χ3v) is 2.40. The van der Waals surface area contributed by atoms with Crippen LogP contribution in [-0.4, -0.2) is 36.0 Å². The maximum atomic E-state index is 11.5. The highest BCUT2D eigenvalue weighted by atomic mass is 16.2. The number of hydrogen-bond donors (Lipinski definition) is 1. The Balaban J connectivity index is 2.66. The third kappa shape index (κ3) is 1.78. The summed E-state index contributed by atoms with van der Waals surface area (Å²) in [6.07, 6.45) is 0.615. The molecule has 1 aliphatic rings. The van der Waals surface area contributed by atoms with Crippen molar-refractivity contribution in [1.29, 1.82) is 0 Å². The van der Waals surface area contributed by atoms with Gasteiger partial charge in [-0.3, -0.25) is 4.79 Å². The Morgan fingerprint density at radius 2 is 2.25 bits per heavy atom. The van der Waals surface area contributed by atoms with E-state index in [1.807, 2.05) is 11.8 Å². The van der Waals surface area contributed by atoms with Crippen LogP contribution >= 0.6 is 0 Å². The monoisotopic (exact) mass is 170 g/mol. The van der Waals surface area contributed by atoms with E-state index >= 15 is 0 Å². The molecule has 0 atom stereocenters. The number of nitrogens with one attached hydrogen (secondary N) is 1. The normalized spacial score (nSPS) is 22.4. The van der Waals surface area contributed by atoms with Crippen molar-refractivity contribution in [1.82, 2.24) is 10.2 Å². The highest BCUT2D eigenvalue weighted by Crippen LogP contribution is 2.16. The molecule has 0 saturated carbocycles. The fraction of sp³-hybridized carbons (Fsp3) is 0.889. The van der Waals surface area contributed by atoms with Gasteiger partial charge in [-0.1, -0.05) is 6.92 Å². The van der Waals surface area contributed by atoms with Gasteiger partial charge in [-0.2, -0.15) is 0 Å². The van der Waals surface area contributed by atoms with Crippen molar-refractivity contribution < 1.29 is 4.79 Å². The van der Waals surface area contributed by atoms with E-state index < -0.39 is 0 Å². The summed E-state index contributed by atoms with van der Waals surface area (Å²) in [4.78, 5) is 13.5. The van der Waals surface area contributed by atoms with Gasteiger partial charge in [0.1, 0.15) is 0 Å². The molecule has 0 aromatic rings. The SMILES string of the molecule is CCC(=O)N1CCNCC1(C)C. The first kappa shape index (κ1) is 9.52. The summed E-state index contributed by atoms with van der Waals surface area (Å²) in [5.41, 5.74) is -0.00859. The highest BCUT2D eigenvalue weighted by molar-refractivity contribution is 5.76. The Kier molecular flexibility index (Phi) is 2.73. The first-order chi connectivity index (χ1) is 5.58. The summed E-state index contributed by atoms with van der Waals surface area (Å²) in [5.74, 6) is 0.265. The van der Waals surface area contributed by atoms with Crippen LogP contribution in [0.1, 0.15) is 27.2 Å². The van der Waals surface area contributed by atoms with E-state index in [2.05, 4.69) is 19.2 Å². The Hall–Kier alpha value is -0.570. The smallest absolute Gasteiger partial charge is 0.222 e. The number of amides is 1. The second kappa shape index (κ2) is 3.44. The second-order valence-corrected chi connectivity index (χ2v) is 3.89. The van der Waals surface area contributed by atoms with E-state index in [0.717, 1.165) is 19.6 Å². The number of hydrogen-bond acceptors (Lipinski definition) is 2. The van der Waals surface area contributed by atoms with Crippen molar-refractivity contribution in [2.24, 2.45) is 0 Å². The molecule has 0 aromatic carbocycles. The number of piperazine rings is 1. The molecule has 1 heterocycles. The number of rotatable bonds is 1. The van der Waals surface area contributed by atoms with Crippen molar-refractivity contribution in [2.45, 2.75) is 32.7 Å². The average molecular weight is 170 g/mol. The zero-order chi connectivity index (χ0) is 9.19. The van der Waals surface area contributed by atoms with Gasteiger partial charge in [0.15, 0.2) is 0 Å². The fourth-order valence-electron chi connectivity index (χ4n) is 1.64. The van der Waals surface area contributed by atoms with Crippen molar-refractivity contribution in [3.05, 3.63) is 0 Å². The van der Waals surface area contributed by atoms with E-state index in [1.165, 1.54) is 0 Å². The molecule has 70 valence electrons.